The van der Waals surface area contributed by atoms with Gasteiger partial charge in [-0.05, 0) is 47.1 Å². The maximum atomic E-state index is 12.6. The zero-order valence-electron chi connectivity index (χ0n) is 15.0. The Labute approximate surface area is 139 Å². The van der Waals surface area contributed by atoms with Gasteiger partial charge in [0.25, 0.3) is 5.91 Å². The summed E-state index contributed by atoms with van der Waals surface area (Å²) in [5.41, 5.74) is 5.22. The summed E-state index contributed by atoms with van der Waals surface area (Å²) < 4.78 is 0. The fourth-order valence-corrected chi connectivity index (χ4v) is 2.65. The lowest BCUT2D eigenvalue weighted by atomic mass is 9.86. The normalized spacial score (nSPS) is 11.6. The van der Waals surface area contributed by atoms with E-state index in [0.717, 1.165) is 11.3 Å². The molecular formula is C21H27NO. The quantitative estimate of drug-likeness (QED) is 0.777. The summed E-state index contributed by atoms with van der Waals surface area (Å²) in [6.07, 6.45) is 0. The average molecular weight is 309 g/mol. The molecule has 0 spiro atoms. The standard InChI is InChI=1S/C21H27NO/c1-14(2)18-9-7-8-15(3)19(18)22-20(23)16-10-12-17(13-11-16)21(4,5)6/h7-14H,1-6H3,(H,22,23). The van der Waals surface area contributed by atoms with Gasteiger partial charge in [0.05, 0.1) is 0 Å². The molecule has 0 aliphatic carbocycles. The van der Waals surface area contributed by atoms with Crippen LogP contribution in [0.15, 0.2) is 42.5 Å². The number of aryl methyl sites for hydroxylation is 1. The third-order valence-corrected chi connectivity index (χ3v) is 4.18. The van der Waals surface area contributed by atoms with Gasteiger partial charge in [-0.15, -0.1) is 0 Å². The van der Waals surface area contributed by atoms with Crippen molar-refractivity contribution < 1.29 is 4.79 Å². The number of benzene rings is 2. The van der Waals surface area contributed by atoms with Crippen molar-refractivity contribution in [1.82, 2.24) is 0 Å². The smallest absolute Gasteiger partial charge is 0.255 e. The molecule has 2 nitrogen and oxygen atoms in total. The molecule has 2 aromatic rings. The molecule has 0 fully saturated rings. The third-order valence-electron chi connectivity index (χ3n) is 4.18. The predicted octanol–water partition coefficient (Wildman–Crippen LogP) is 5.67. The van der Waals surface area contributed by atoms with E-state index in [1.54, 1.807) is 0 Å². The molecule has 0 saturated heterocycles. The van der Waals surface area contributed by atoms with E-state index in [-0.39, 0.29) is 11.3 Å². The van der Waals surface area contributed by atoms with Gasteiger partial charge in [0.1, 0.15) is 0 Å². The molecular weight excluding hydrogens is 282 g/mol. The second-order valence-electron chi connectivity index (χ2n) is 7.48. The summed E-state index contributed by atoms with van der Waals surface area (Å²) in [4.78, 5) is 12.6. The number of carbonyl (C=O) groups excluding carboxylic acids is 1. The maximum absolute atomic E-state index is 12.6. The van der Waals surface area contributed by atoms with E-state index in [9.17, 15) is 4.79 Å². The van der Waals surface area contributed by atoms with Crippen LogP contribution in [0, 0.1) is 6.92 Å². The summed E-state index contributed by atoms with van der Waals surface area (Å²) in [7, 11) is 0. The molecule has 0 bridgehead atoms. The van der Waals surface area contributed by atoms with E-state index in [1.807, 2.05) is 43.3 Å². The topological polar surface area (TPSA) is 29.1 Å². The van der Waals surface area contributed by atoms with Crippen LogP contribution in [-0.4, -0.2) is 5.91 Å². The second kappa shape index (κ2) is 6.57. The molecule has 0 atom stereocenters. The van der Waals surface area contributed by atoms with Gasteiger partial charge < -0.3 is 5.32 Å². The zero-order chi connectivity index (χ0) is 17.2. The van der Waals surface area contributed by atoms with Crippen LogP contribution >= 0.6 is 0 Å². The van der Waals surface area contributed by atoms with Gasteiger partial charge in [-0.3, -0.25) is 4.79 Å². The Kier molecular flexibility index (Phi) is 4.93. The van der Waals surface area contributed by atoms with Crippen LogP contribution < -0.4 is 5.32 Å². The Hall–Kier alpha value is -2.09. The Balaban J connectivity index is 2.26. The lowest BCUT2D eigenvalue weighted by molar-refractivity contribution is 0.102. The molecule has 2 aromatic carbocycles. The van der Waals surface area contributed by atoms with Gasteiger partial charge in [0.2, 0.25) is 0 Å². The molecule has 0 aromatic heterocycles. The Morgan fingerprint density at radius 3 is 2.13 bits per heavy atom. The minimum atomic E-state index is -0.0540. The highest BCUT2D eigenvalue weighted by atomic mass is 16.1. The molecule has 0 unspecified atom stereocenters. The van der Waals surface area contributed by atoms with E-state index in [0.29, 0.717) is 11.5 Å². The van der Waals surface area contributed by atoms with Crippen LogP contribution in [0.2, 0.25) is 0 Å². The van der Waals surface area contributed by atoms with Crippen molar-refractivity contribution in [1.29, 1.82) is 0 Å². The average Bonchev–Trinajstić information content (AvgIpc) is 2.48. The molecule has 1 N–H and O–H groups in total. The van der Waals surface area contributed by atoms with E-state index in [4.69, 9.17) is 0 Å². The maximum Gasteiger partial charge on any atom is 0.255 e. The van der Waals surface area contributed by atoms with E-state index in [1.165, 1.54) is 11.1 Å². The minimum Gasteiger partial charge on any atom is -0.321 e. The highest BCUT2D eigenvalue weighted by Gasteiger charge is 2.16. The van der Waals surface area contributed by atoms with Gasteiger partial charge in [-0.1, -0.05) is 65.0 Å². The van der Waals surface area contributed by atoms with Gasteiger partial charge in [-0.25, -0.2) is 0 Å². The first-order valence-corrected chi connectivity index (χ1v) is 8.21. The number of carbonyl (C=O) groups is 1. The van der Waals surface area contributed by atoms with Gasteiger partial charge >= 0.3 is 0 Å². The predicted molar refractivity (Wildman–Crippen MR) is 98.4 cm³/mol. The number of hydrogen-bond acceptors (Lipinski definition) is 1. The van der Waals surface area contributed by atoms with E-state index in [2.05, 4.69) is 46.0 Å². The summed E-state index contributed by atoms with van der Waals surface area (Å²) in [6, 6.07) is 14.0. The van der Waals surface area contributed by atoms with Crippen molar-refractivity contribution in [3.05, 3.63) is 64.7 Å². The van der Waals surface area contributed by atoms with Crippen molar-refractivity contribution >= 4 is 11.6 Å². The van der Waals surface area contributed by atoms with Crippen LogP contribution in [0.1, 0.15) is 67.6 Å². The molecule has 122 valence electrons. The SMILES string of the molecule is Cc1cccc(C(C)C)c1NC(=O)c1ccc(C(C)(C)C)cc1. The van der Waals surface area contributed by atoms with Crippen LogP contribution in [0.25, 0.3) is 0 Å². The largest absolute Gasteiger partial charge is 0.321 e. The molecule has 0 aliphatic heterocycles. The summed E-state index contributed by atoms with van der Waals surface area (Å²) in [6.45, 7) is 12.8. The lowest BCUT2D eigenvalue weighted by Gasteiger charge is -2.19. The van der Waals surface area contributed by atoms with E-state index < -0.39 is 0 Å². The molecule has 0 saturated carbocycles. The highest BCUT2D eigenvalue weighted by Crippen LogP contribution is 2.28. The Bertz CT molecular complexity index is 691. The Morgan fingerprint density at radius 2 is 1.61 bits per heavy atom. The van der Waals surface area contributed by atoms with Gasteiger partial charge in [-0.2, -0.15) is 0 Å². The molecule has 2 rings (SSSR count). The molecule has 0 radical (unpaired) electrons. The van der Waals surface area contributed by atoms with Crippen LogP contribution in [0.3, 0.4) is 0 Å². The number of nitrogens with one attached hydrogen (secondary N) is 1. The van der Waals surface area contributed by atoms with Crippen molar-refractivity contribution in [2.45, 2.75) is 52.9 Å². The lowest BCUT2D eigenvalue weighted by Crippen LogP contribution is -2.16. The number of para-hydroxylation sites is 1. The van der Waals surface area contributed by atoms with Gasteiger partial charge in [0.15, 0.2) is 0 Å². The van der Waals surface area contributed by atoms with Crippen molar-refractivity contribution in [2.24, 2.45) is 0 Å². The van der Waals surface area contributed by atoms with Crippen molar-refractivity contribution in [3.63, 3.8) is 0 Å². The zero-order valence-corrected chi connectivity index (χ0v) is 15.0. The first-order valence-electron chi connectivity index (χ1n) is 8.21. The number of anilines is 1. The second-order valence-corrected chi connectivity index (χ2v) is 7.48. The minimum absolute atomic E-state index is 0.0540. The summed E-state index contributed by atoms with van der Waals surface area (Å²) in [5.74, 6) is 0.315. The van der Waals surface area contributed by atoms with Crippen LogP contribution in [0.5, 0.6) is 0 Å². The number of hydrogen-bond donors (Lipinski definition) is 1. The fourth-order valence-electron chi connectivity index (χ4n) is 2.65. The van der Waals surface area contributed by atoms with Crippen LogP contribution in [-0.2, 0) is 5.41 Å². The summed E-state index contributed by atoms with van der Waals surface area (Å²) in [5, 5.41) is 3.10. The molecule has 0 heterocycles. The van der Waals surface area contributed by atoms with Crippen LogP contribution in [0.4, 0.5) is 5.69 Å². The summed E-state index contributed by atoms with van der Waals surface area (Å²) >= 11 is 0. The van der Waals surface area contributed by atoms with E-state index >= 15 is 0 Å². The Morgan fingerprint density at radius 1 is 1.00 bits per heavy atom. The fraction of sp³-hybridized carbons (Fsp3) is 0.381. The molecule has 2 heteroatoms. The van der Waals surface area contributed by atoms with Crippen molar-refractivity contribution in [3.8, 4) is 0 Å². The molecule has 1 amide bonds. The molecule has 0 aliphatic rings. The highest BCUT2D eigenvalue weighted by molar-refractivity contribution is 6.05. The molecule has 23 heavy (non-hydrogen) atoms. The number of rotatable bonds is 3. The van der Waals surface area contributed by atoms with Crippen molar-refractivity contribution in [2.75, 3.05) is 5.32 Å². The first kappa shape index (κ1) is 17.3. The van der Waals surface area contributed by atoms with Gasteiger partial charge in [0, 0.05) is 11.3 Å². The monoisotopic (exact) mass is 309 g/mol. The first-order chi connectivity index (χ1) is 10.7. The third kappa shape index (κ3) is 4.01. The number of amides is 1.